The molecule has 1 amide bonds. The largest absolute Gasteiger partial charge is 0.342 e. The van der Waals surface area contributed by atoms with Crippen LogP contribution in [0.3, 0.4) is 0 Å². The second-order valence-corrected chi connectivity index (χ2v) is 10.8. The SMILES string of the molecule is CCN(CCC#N)C(=O)[C@H]1CCc2c(sc3ncnc(Nc4cc5sn(C)c5cc4Cl)c23)C1. The van der Waals surface area contributed by atoms with Crippen LogP contribution in [0.5, 0.6) is 0 Å². The average Bonchev–Trinajstić information content (AvgIpc) is 3.20. The van der Waals surface area contributed by atoms with E-state index in [1.54, 1.807) is 29.2 Å². The van der Waals surface area contributed by atoms with Crippen LogP contribution in [0, 0.1) is 17.2 Å². The van der Waals surface area contributed by atoms with Crippen LogP contribution < -0.4 is 5.32 Å². The van der Waals surface area contributed by atoms with E-state index >= 15 is 0 Å². The molecule has 3 aromatic heterocycles. The van der Waals surface area contributed by atoms with Crippen molar-refractivity contribution < 1.29 is 4.79 Å². The summed E-state index contributed by atoms with van der Waals surface area (Å²) in [5.41, 5.74) is 3.19. The number of hydrogen-bond acceptors (Lipinski definition) is 7. The third-order valence-corrected chi connectivity index (χ3v) is 8.73. The highest BCUT2D eigenvalue weighted by Gasteiger charge is 2.31. The van der Waals surface area contributed by atoms with Gasteiger partial charge in [-0.3, -0.25) is 8.75 Å². The van der Waals surface area contributed by atoms with Crippen molar-refractivity contribution in [1.82, 2.24) is 18.8 Å². The summed E-state index contributed by atoms with van der Waals surface area (Å²) >= 11 is 9.87. The molecule has 0 bridgehead atoms. The molecule has 1 aliphatic carbocycles. The molecule has 3 heterocycles. The molecule has 7 nitrogen and oxygen atoms in total. The third kappa shape index (κ3) is 3.97. The molecule has 33 heavy (non-hydrogen) atoms. The van der Waals surface area contributed by atoms with Gasteiger partial charge in [-0.1, -0.05) is 23.1 Å². The number of halogens is 1. The molecule has 0 spiro atoms. The van der Waals surface area contributed by atoms with Gasteiger partial charge in [-0.05, 0) is 43.9 Å². The van der Waals surface area contributed by atoms with Gasteiger partial charge in [-0.15, -0.1) is 11.3 Å². The van der Waals surface area contributed by atoms with E-state index in [2.05, 4.69) is 31.4 Å². The summed E-state index contributed by atoms with van der Waals surface area (Å²) in [4.78, 5) is 26.1. The van der Waals surface area contributed by atoms with Crippen molar-refractivity contribution in [2.24, 2.45) is 13.0 Å². The Labute approximate surface area is 204 Å². The fourth-order valence-corrected chi connectivity index (χ4v) is 6.87. The Morgan fingerprint density at radius 1 is 1.42 bits per heavy atom. The Kier molecular flexibility index (Phi) is 5.99. The van der Waals surface area contributed by atoms with Gasteiger partial charge in [0.2, 0.25) is 5.91 Å². The summed E-state index contributed by atoms with van der Waals surface area (Å²) < 4.78 is 3.26. The van der Waals surface area contributed by atoms with Crippen molar-refractivity contribution in [2.75, 3.05) is 18.4 Å². The van der Waals surface area contributed by atoms with Gasteiger partial charge in [0.15, 0.2) is 0 Å². The van der Waals surface area contributed by atoms with Crippen molar-refractivity contribution in [3.63, 3.8) is 0 Å². The van der Waals surface area contributed by atoms with E-state index in [0.29, 0.717) is 31.0 Å². The molecule has 4 aromatic rings. The fourth-order valence-electron chi connectivity index (χ4n) is 4.53. The Morgan fingerprint density at radius 3 is 3.03 bits per heavy atom. The van der Waals surface area contributed by atoms with Crippen LogP contribution >= 0.6 is 34.5 Å². The number of aromatic nitrogens is 3. The number of thiophene rings is 1. The molecule has 0 saturated carbocycles. The van der Waals surface area contributed by atoms with Crippen molar-refractivity contribution in [1.29, 1.82) is 5.26 Å². The molecule has 0 radical (unpaired) electrons. The lowest BCUT2D eigenvalue weighted by atomic mass is 9.86. The van der Waals surface area contributed by atoms with Gasteiger partial charge in [0, 0.05) is 30.9 Å². The lowest BCUT2D eigenvalue weighted by molar-refractivity contribution is -0.135. The molecule has 1 aromatic carbocycles. The molecule has 0 unspecified atom stereocenters. The third-order valence-electron chi connectivity index (χ3n) is 6.26. The summed E-state index contributed by atoms with van der Waals surface area (Å²) in [5.74, 6) is 0.854. The highest BCUT2D eigenvalue weighted by Crippen LogP contribution is 2.42. The number of carbonyl (C=O) groups is 1. The monoisotopic (exact) mass is 498 g/mol. The first-order valence-corrected chi connectivity index (χ1v) is 12.9. The highest BCUT2D eigenvalue weighted by molar-refractivity contribution is 7.19. The van der Waals surface area contributed by atoms with Crippen LogP contribution in [-0.2, 0) is 24.7 Å². The van der Waals surface area contributed by atoms with Crippen molar-refractivity contribution in [3.05, 3.63) is 33.9 Å². The van der Waals surface area contributed by atoms with Crippen molar-refractivity contribution in [3.8, 4) is 6.07 Å². The smallest absolute Gasteiger partial charge is 0.226 e. The maximum Gasteiger partial charge on any atom is 0.226 e. The van der Waals surface area contributed by atoms with E-state index in [1.807, 2.05) is 24.9 Å². The lowest BCUT2D eigenvalue weighted by Gasteiger charge is -2.28. The van der Waals surface area contributed by atoms with E-state index in [-0.39, 0.29) is 11.8 Å². The summed E-state index contributed by atoms with van der Waals surface area (Å²) in [6, 6.07) is 6.17. The number of aryl methyl sites for hydroxylation is 2. The number of fused-ring (bicyclic) bond motifs is 4. The Balaban J connectivity index is 1.43. The number of nitrogens with one attached hydrogen (secondary N) is 1. The number of amides is 1. The average molecular weight is 499 g/mol. The van der Waals surface area contributed by atoms with Gasteiger partial charge in [-0.2, -0.15) is 5.26 Å². The second kappa shape index (κ2) is 8.93. The zero-order valence-electron chi connectivity index (χ0n) is 18.4. The van der Waals surface area contributed by atoms with Gasteiger partial charge in [0.05, 0.1) is 38.8 Å². The molecule has 0 fully saturated rings. The standard InChI is InChI=1S/C23H23ClN6OS2/c1-3-30(8-4-7-25)23(31)13-5-6-14-18(9-13)32-22-20(14)21(26-12-27-22)28-16-11-19-17(10-15(16)24)29(2)33-19/h10-13H,3-6,8-9H2,1-2H3,(H,26,27,28)/t13-/m0/s1. The Bertz CT molecular complexity index is 1400. The van der Waals surface area contributed by atoms with Crippen LogP contribution in [0.2, 0.25) is 5.02 Å². The first-order chi connectivity index (χ1) is 16.0. The molecule has 5 rings (SSSR count). The van der Waals surface area contributed by atoms with Gasteiger partial charge in [0.25, 0.3) is 0 Å². The second-order valence-electron chi connectivity index (χ2n) is 8.19. The topological polar surface area (TPSA) is 86.8 Å². The lowest BCUT2D eigenvalue weighted by Crippen LogP contribution is -2.38. The minimum atomic E-state index is -0.0509. The van der Waals surface area contributed by atoms with Crippen LogP contribution in [0.1, 0.15) is 30.2 Å². The van der Waals surface area contributed by atoms with E-state index < -0.39 is 0 Å². The van der Waals surface area contributed by atoms with Gasteiger partial charge in [0.1, 0.15) is 17.0 Å². The molecule has 0 saturated heterocycles. The molecule has 1 atom stereocenters. The van der Waals surface area contributed by atoms with E-state index in [9.17, 15) is 4.79 Å². The molecule has 10 heteroatoms. The Morgan fingerprint density at radius 2 is 2.27 bits per heavy atom. The summed E-state index contributed by atoms with van der Waals surface area (Å²) in [5, 5.41) is 14.0. The maximum atomic E-state index is 13.1. The fraction of sp³-hybridized carbons (Fsp3) is 0.391. The molecule has 0 aliphatic heterocycles. The number of hydrogen-bond donors (Lipinski definition) is 1. The van der Waals surface area contributed by atoms with Gasteiger partial charge >= 0.3 is 0 Å². The van der Waals surface area contributed by atoms with Crippen molar-refractivity contribution >= 4 is 72.3 Å². The first-order valence-electron chi connectivity index (χ1n) is 10.9. The van der Waals surface area contributed by atoms with Gasteiger partial charge < -0.3 is 10.2 Å². The van der Waals surface area contributed by atoms with E-state index in [4.69, 9.17) is 16.9 Å². The number of anilines is 2. The number of nitrogens with zero attached hydrogens (tertiary/aromatic N) is 5. The maximum absolute atomic E-state index is 13.1. The van der Waals surface area contributed by atoms with Crippen LogP contribution in [-0.4, -0.2) is 37.8 Å². The minimum absolute atomic E-state index is 0.0509. The molecule has 1 N–H and O–H groups in total. The molecular formula is C23H23ClN6OS2. The number of benzene rings is 1. The molecule has 170 valence electrons. The summed E-state index contributed by atoms with van der Waals surface area (Å²) in [7, 11) is 2.02. The van der Waals surface area contributed by atoms with Gasteiger partial charge in [-0.25, -0.2) is 9.97 Å². The number of rotatable bonds is 6. The number of carbonyl (C=O) groups excluding carboxylic acids is 1. The van der Waals surface area contributed by atoms with Crippen LogP contribution in [0.25, 0.3) is 20.4 Å². The van der Waals surface area contributed by atoms with Crippen molar-refractivity contribution in [2.45, 2.75) is 32.6 Å². The predicted molar refractivity (Wildman–Crippen MR) is 135 cm³/mol. The molecule has 1 aliphatic rings. The first kappa shape index (κ1) is 22.1. The highest BCUT2D eigenvalue weighted by atomic mass is 35.5. The quantitative estimate of drug-likeness (QED) is 0.379. The summed E-state index contributed by atoms with van der Waals surface area (Å²) in [6.07, 6.45) is 4.25. The predicted octanol–water partition coefficient (Wildman–Crippen LogP) is 5.51. The molecular weight excluding hydrogens is 476 g/mol. The van der Waals surface area contributed by atoms with E-state index in [1.165, 1.54) is 15.1 Å². The number of nitriles is 1. The normalized spacial score (nSPS) is 15.5. The van der Waals surface area contributed by atoms with Crippen LogP contribution in [0.4, 0.5) is 11.5 Å². The van der Waals surface area contributed by atoms with Crippen LogP contribution in [0.15, 0.2) is 18.5 Å². The zero-order chi connectivity index (χ0) is 23.1. The van der Waals surface area contributed by atoms with E-state index in [0.717, 1.165) is 40.1 Å². The minimum Gasteiger partial charge on any atom is -0.342 e. The summed E-state index contributed by atoms with van der Waals surface area (Å²) in [6.45, 7) is 3.09. The Hall–Kier alpha value is -2.67. The zero-order valence-corrected chi connectivity index (χ0v) is 20.8.